The number of anilines is 2. The predicted octanol–water partition coefficient (Wildman–Crippen LogP) is 2.76. The lowest BCUT2D eigenvalue weighted by Crippen LogP contribution is -2.57. The van der Waals surface area contributed by atoms with Crippen LogP contribution < -0.4 is 15.5 Å². The molecule has 210 valence electrons. The van der Waals surface area contributed by atoms with Gasteiger partial charge in [-0.15, -0.1) is 0 Å². The fourth-order valence-electron chi connectivity index (χ4n) is 6.57. The number of fused-ring (bicyclic) bond motifs is 1. The first-order valence-corrected chi connectivity index (χ1v) is 14.7. The number of carbonyl (C=O) groups is 3. The second kappa shape index (κ2) is 11.5. The molecule has 0 saturated carbocycles. The van der Waals surface area contributed by atoms with Crippen molar-refractivity contribution in [2.24, 2.45) is 17.8 Å². The zero-order valence-corrected chi connectivity index (χ0v) is 24.5. The number of ether oxygens (including phenoxy) is 1. The van der Waals surface area contributed by atoms with Crippen LogP contribution in [0.1, 0.15) is 47.5 Å². The Morgan fingerprint density at radius 2 is 1.84 bits per heavy atom. The molecule has 3 aliphatic rings. The Kier molecular flexibility index (Phi) is 8.74. The molecule has 0 radical (unpaired) electrons. The lowest BCUT2D eigenvalue weighted by Gasteiger charge is -2.38. The Labute approximate surface area is 233 Å². The van der Waals surface area contributed by atoms with Gasteiger partial charge in [-0.2, -0.15) is 0 Å². The normalized spacial score (nSPS) is 30.5. The minimum absolute atomic E-state index is 0.104. The molecule has 3 fully saturated rings. The van der Waals surface area contributed by atoms with Crippen molar-refractivity contribution in [3.8, 4) is 0 Å². The summed E-state index contributed by atoms with van der Waals surface area (Å²) in [7, 11) is 0. The number of hydrogen-bond acceptors (Lipinski definition) is 6. The van der Waals surface area contributed by atoms with Gasteiger partial charge in [0.15, 0.2) is 0 Å². The highest BCUT2D eigenvalue weighted by atomic mass is 79.9. The fourth-order valence-corrected chi connectivity index (χ4v) is 7.51. The van der Waals surface area contributed by atoms with E-state index in [1.807, 2.05) is 45.0 Å². The SMILES string of the molecule is CCCNC(=O)[C@H]1[C@H]2C(=O)N([C@@H](CO)C(C)C)C(C(=O)Nc3ccc(N(CC)CC)cc3)C23CC(Br)[C@@H]1O3. The minimum atomic E-state index is -1.16. The zero-order chi connectivity index (χ0) is 27.8. The number of rotatable bonds is 11. The van der Waals surface area contributed by atoms with E-state index >= 15 is 0 Å². The van der Waals surface area contributed by atoms with Crippen LogP contribution in [0.2, 0.25) is 0 Å². The molecule has 9 nitrogen and oxygen atoms in total. The Morgan fingerprint density at radius 3 is 2.39 bits per heavy atom. The summed E-state index contributed by atoms with van der Waals surface area (Å²) in [6.45, 7) is 12.0. The maximum Gasteiger partial charge on any atom is 0.250 e. The van der Waals surface area contributed by atoms with Crippen molar-refractivity contribution < 1.29 is 24.2 Å². The fraction of sp³-hybridized carbons (Fsp3) is 0.679. The average Bonchev–Trinajstić information content (AvgIpc) is 3.48. The molecule has 1 spiro atoms. The van der Waals surface area contributed by atoms with Crippen molar-refractivity contribution in [1.29, 1.82) is 0 Å². The third-order valence-electron chi connectivity index (χ3n) is 8.40. The Bertz CT molecular complexity index is 1030. The van der Waals surface area contributed by atoms with E-state index in [0.717, 1.165) is 25.2 Å². The van der Waals surface area contributed by atoms with Gasteiger partial charge in [-0.3, -0.25) is 14.4 Å². The molecule has 3 unspecified atom stereocenters. The highest BCUT2D eigenvalue weighted by Crippen LogP contribution is 2.60. The van der Waals surface area contributed by atoms with Crippen molar-refractivity contribution in [2.45, 2.75) is 76.1 Å². The van der Waals surface area contributed by atoms with Crippen molar-refractivity contribution >= 4 is 45.0 Å². The standard InChI is InChI=1S/C28H41BrN4O5/c1-6-13-30-25(35)21-22-27(37)33(20(15-34)16(4)5)24(28(22)14-19(29)23(21)38-28)26(36)31-17-9-11-18(12-10-17)32(7-2)8-3/h9-12,16,19-24,34H,6-8,13-15H2,1-5H3,(H,30,35)(H,31,36)/t19?,20-,21-,22-,23-,24?,28?/m0/s1. The van der Waals surface area contributed by atoms with Crippen LogP contribution >= 0.6 is 15.9 Å². The molecule has 7 atom stereocenters. The van der Waals surface area contributed by atoms with Gasteiger partial charge in [0.25, 0.3) is 0 Å². The molecular weight excluding hydrogens is 552 g/mol. The number of amides is 3. The Hall–Kier alpha value is -2.17. The number of carbonyl (C=O) groups excluding carboxylic acids is 3. The first-order valence-electron chi connectivity index (χ1n) is 13.8. The molecule has 3 heterocycles. The van der Waals surface area contributed by atoms with Gasteiger partial charge in [-0.25, -0.2) is 0 Å². The minimum Gasteiger partial charge on any atom is -0.394 e. The molecule has 1 aromatic carbocycles. The van der Waals surface area contributed by atoms with E-state index in [4.69, 9.17) is 4.74 Å². The quantitative estimate of drug-likeness (QED) is 0.341. The average molecular weight is 594 g/mol. The number of nitrogens with zero attached hydrogens (tertiary/aromatic N) is 2. The number of aliphatic hydroxyl groups excluding tert-OH is 1. The summed E-state index contributed by atoms with van der Waals surface area (Å²) >= 11 is 3.68. The highest BCUT2D eigenvalue weighted by Gasteiger charge is 2.77. The summed E-state index contributed by atoms with van der Waals surface area (Å²) in [6.07, 6.45) is 0.700. The summed E-state index contributed by atoms with van der Waals surface area (Å²) in [4.78, 5) is 44.9. The summed E-state index contributed by atoms with van der Waals surface area (Å²) in [6, 6.07) is 6.08. The summed E-state index contributed by atoms with van der Waals surface area (Å²) in [5, 5.41) is 16.2. The number of nitrogens with one attached hydrogen (secondary N) is 2. The van der Waals surface area contributed by atoms with Gasteiger partial charge in [0.2, 0.25) is 17.7 Å². The molecule has 38 heavy (non-hydrogen) atoms. The van der Waals surface area contributed by atoms with Crippen LogP contribution in [-0.2, 0) is 19.1 Å². The third-order valence-corrected chi connectivity index (χ3v) is 9.25. The van der Waals surface area contributed by atoms with E-state index in [2.05, 4.69) is 45.3 Å². The van der Waals surface area contributed by atoms with Gasteiger partial charge in [-0.1, -0.05) is 36.7 Å². The number of hydrogen-bond donors (Lipinski definition) is 3. The molecule has 2 bridgehead atoms. The molecule has 1 aromatic rings. The molecule has 3 aliphatic heterocycles. The smallest absolute Gasteiger partial charge is 0.250 e. The first-order chi connectivity index (χ1) is 18.1. The molecular formula is C28H41BrN4O5. The Balaban J connectivity index is 1.70. The Morgan fingerprint density at radius 1 is 1.18 bits per heavy atom. The van der Waals surface area contributed by atoms with Crippen molar-refractivity contribution in [1.82, 2.24) is 10.2 Å². The van der Waals surface area contributed by atoms with Crippen LogP contribution in [0.5, 0.6) is 0 Å². The van der Waals surface area contributed by atoms with Crippen LogP contribution in [-0.4, -0.2) is 82.6 Å². The predicted molar refractivity (Wildman–Crippen MR) is 150 cm³/mol. The first kappa shape index (κ1) is 28.8. The molecule has 3 saturated heterocycles. The molecule has 0 aliphatic carbocycles. The molecule has 3 amide bonds. The highest BCUT2D eigenvalue weighted by molar-refractivity contribution is 9.09. The molecule has 3 N–H and O–H groups in total. The van der Waals surface area contributed by atoms with Crippen LogP contribution in [0.15, 0.2) is 24.3 Å². The topological polar surface area (TPSA) is 111 Å². The van der Waals surface area contributed by atoms with Crippen LogP contribution in [0.25, 0.3) is 0 Å². The maximum atomic E-state index is 14.1. The number of alkyl halides is 1. The molecule has 0 aromatic heterocycles. The third kappa shape index (κ3) is 4.73. The van der Waals surface area contributed by atoms with E-state index < -0.39 is 35.6 Å². The monoisotopic (exact) mass is 592 g/mol. The summed E-state index contributed by atoms with van der Waals surface area (Å²) in [5.41, 5.74) is 0.520. The van der Waals surface area contributed by atoms with Gasteiger partial charge in [0.1, 0.15) is 11.6 Å². The summed E-state index contributed by atoms with van der Waals surface area (Å²) < 4.78 is 6.52. The number of aliphatic hydroxyl groups is 1. The van der Waals surface area contributed by atoms with E-state index in [-0.39, 0.29) is 35.1 Å². The van der Waals surface area contributed by atoms with E-state index in [1.165, 1.54) is 4.90 Å². The number of likely N-dealkylation sites (tertiary alicyclic amines) is 1. The van der Waals surface area contributed by atoms with Crippen molar-refractivity contribution in [3.05, 3.63) is 24.3 Å². The molecule has 10 heteroatoms. The second-order valence-electron chi connectivity index (χ2n) is 10.9. The molecule has 4 rings (SSSR count). The van der Waals surface area contributed by atoms with E-state index in [1.54, 1.807) is 0 Å². The van der Waals surface area contributed by atoms with Gasteiger partial charge < -0.3 is 30.3 Å². The van der Waals surface area contributed by atoms with Crippen LogP contribution in [0, 0.1) is 17.8 Å². The van der Waals surface area contributed by atoms with Crippen LogP contribution in [0.3, 0.4) is 0 Å². The second-order valence-corrected chi connectivity index (χ2v) is 12.1. The van der Waals surface area contributed by atoms with Gasteiger partial charge >= 0.3 is 0 Å². The largest absolute Gasteiger partial charge is 0.394 e. The number of benzene rings is 1. The lowest BCUT2D eigenvalue weighted by atomic mass is 9.70. The number of halogens is 1. The van der Waals surface area contributed by atoms with E-state index in [9.17, 15) is 19.5 Å². The van der Waals surface area contributed by atoms with Crippen LogP contribution in [0.4, 0.5) is 11.4 Å². The van der Waals surface area contributed by atoms with Gasteiger partial charge in [-0.05, 0) is 56.9 Å². The van der Waals surface area contributed by atoms with E-state index in [0.29, 0.717) is 18.7 Å². The zero-order valence-electron chi connectivity index (χ0n) is 22.9. The summed E-state index contributed by atoms with van der Waals surface area (Å²) in [5.74, 6) is -2.48. The van der Waals surface area contributed by atoms with Gasteiger partial charge in [0.05, 0.1) is 30.6 Å². The maximum absolute atomic E-state index is 14.1. The lowest BCUT2D eigenvalue weighted by molar-refractivity contribution is -0.145. The van der Waals surface area contributed by atoms with Crippen molar-refractivity contribution in [2.75, 3.05) is 36.5 Å². The van der Waals surface area contributed by atoms with Gasteiger partial charge in [0, 0.05) is 35.8 Å². The van der Waals surface area contributed by atoms with Crippen molar-refractivity contribution in [3.63, 3.8) is 0 Å².